The standard InChI is InChI=1S/2C15H21N4.C13H17N4.C12H14ClN4.C12H15N4O.C3H8.C2H5Br.2C2H6.5CH3.Cl3OP.5W.5H2/c1-7-12-10(4)8-16-14(17-12)15-18-13(9(2)3)11(5)19(15)6;1-7-12-10(4)8-16-14(18-12)15-17-11(5)13(9(2)3)19(15)6;1-7(2)11-10(5)16-13(17-11)12-14-6-8(3)9(4)15-12;1-6(2)9-8(4)15-12(16-9)11-14-5-7(3)10(13)17-11;1-6(2)9-8(4)14-11(15-9)10-13-5-7(3)12(17)16-10;1-3-2;1-2-3;2*1-2;;;;;;1-5(2,3)4;;;;;;;;;;/h2*8H,7H2,1-6H3;6H,1-5H3,(H,16,17);5H,1-4H3,(H,15,16);5H,1-4H3,(H,14,15)(H,13,16,17);3H2,1-2H3;2H2,1H3;2*1-2H3;5*1H3;;;;;;;5*1H/q5*-1;;;;;5*-1;;5*+2;;;;;/i;;;;;;;;;;;;;;;;;;;;5*1+1. The molecule has 0 spiro atoms. The van der Waals surface area contributed by atoms with Crippen LogP contribution in [0.15, 0.2) is 35.8 Å². The van der Waals surface area contributed by atoms with Crippen LogP contribution in [0.3, 0.4) is 0 Å². The van der Waals surface area contributed by atoms with Crippen molar-refractivity contribution >= 4 is 66.5 Å². The summed E-state index contributed by atoms with van der Waals surface area (Å²) in [7, 11) is 4.03. The molecule has 644 valence electrons. The fourth-order valence-electron chi connectivity index (χ4n) is 9.59. The van der Waals surface area contributed by atoms with E-state index in [0.29, 0.717) is 51.5 Å². The Kier molecular flexibility index (Phi) is 74.2. The molecule has 0 aliphatic carbocycles. The van der Waals surface area contributed by atoms with Gasteiger partial charge in [-0.05, 0) is 112 Å². The molecule has 0 saturated heterocycles. The summed E-state index contributed by atoms with van der Waals surface area (Å²) in [5, 5.41) is -1.70. The molecule has 0 bridgehead atoms. The first kappa shape index (κ1) is 131. The van der Waals surface area contributed by atoms with E-state index in [1.165, 1.54) is 30.1 Å². The summed E-state index contributed by atoms with van der Waals surface area (Å²) in [5.41, 5.74) is 18.2. The average Bonchev–Trinajstić information content (AvgIpc) is 1.66. The minimum atomic E-state index is -3.22. The number of rotatable bonds is 12. The van der Waals surface area contributed by atoms with Crippen LogP contribution in [0.25, 0.3) is 58.2 Å². The van der Waals surface area contributed by atoms with Crippen molar-refractivity contribution in [1.29, 1.82) is 0 Å². The quantitative estimate of drug-likeness (QED) is 0.0383. The fourth-order valence-corrected chi connectivity index (χ4v) is 9.72. The van der Waals surface area contributed by atoms with Crippen LogP contribution in [0.2, 0.25) is 5.15 Å². The van der Waals surface area contributed by atoms with Crippen molar-refractivity contribution < 1.29 is 117 Å². The second-order valence-corrected chi connectivity index (χ2v) is 32.7. The molecule has 10 aromatic heterocycles. The molecular weight excluding hydrogens is 2460 g/mol. The van der Waals surface area contributed by atoms with Crippen molar-refractivity contribution in [1.82, 2.24) is 98.8 Å². The van der Waals surface area contributed by atoms with Crippen molar-refractivity contribution in [2.24, 2.45) is 14.1 Å². The molecule has 10 aromatic rings. The molecule has 10 rings (SSSR count). The van der Waals surface area contributed by atoms with Crippen LogP contribution in [0.4, 0.5) is 0 Å². The van der Waals surface area contributed by atoms with Crippen molar-refractivity contribution in [3.63, 3.8) is 0 Å². The zero-order valence-corrected chi connectivity index (χ0v) is 94.7. The predicted octanol–water partition coefficient (Wildman–Crippen LogP) is 24.8. The largest absolute Gasteiger partial charge is 2.00 e. The van der Waals surface area contributed by atoms with E-state index in [2.05, 4.69) is 225 Å². The van der Waals surface area contributed by atoms with Crippen LogP contribution in [-0.4, -0.2) is 104 Å². The molecule has 0 radical (unpaired) electrons. The summed E-state index contributed by atoms with van der Waals surface area (Å²) < 4.78 is 13.7. The van der Waals surface area contributed by atoms with Crippen molar-refractivity contribution in [3.05, 3.63) is 215 Å². The molecule has 0 fully saturated rings. The Morgan fingerprint density at radius 1 is 0.412 bits per heavy atom. The van der Waals surface area contributed by atoms with E-state index in [-0.39, 0.29) is 155 Å². The molecule has 0 unspecified atom stereocenters. The normalized spacial score (nSPS) is 9.31. The molecule has 0 atom stereocenters. The number of alkyl halides is 1. The number of aryl methyl sites for hydroxylation is 12. The van der Waals surface area contributed by atoms with Gasteiger partial charge in [-0.15, -0.1) is 92.0 Å². The van der Waals surface area contributed by atoms with Gasteiger partial charge in [0.05, 0.1) is 0 Å². The minimum Gasteiger partial charge on any atom is -0.407 e. The Balaban J connectivity index is -0.0000000813. The SMILES string of the molecule is CC.CC.CCBr.CCC.CCc1nc(-c2nc(C)c([C-](C)C)n2C)ncc1C.CCc1nc(-c2nc([C-](C)C)c(C)n2C)ncc1C.Cc1cnc(-c2nc(C)c([C-](C)C)[nH]2)nc1C.Cc1cnc(-c2nc(C)c([C-](C)C)[nH]2)nc1Cl.Cc1nc(-c2ncc(C)c(=O)[nH]2)[nH]c1[C-](C)C.O=P(Cl)(Cl)Cl.[2HH].[2HH].[2HH].[2HH].[2HH].[CH3-].[CH3-].[CH3-].[CH3-].[CH3-].[W+2].[W+2].[W+2].[W+2].[W+2]. The molecule has 114 heavy (non-hydrogen) atoms. The Morgan fingerprint density at radius 2 is 0.737 bits per heavy atom. The Bertz CT molecular complexity index is 4250. The van der Waals surface area contributed by atoms with Crippen molar-refractivity contribution in [2.75, 3.05) is 5.33 Å². The van der Waals surface area contributed by atoms with Crippen LogP contribution < -0.4 is 5.56 Å². The molecule has 0 aliphatic heterocycles. The first-order valence-electron chi connectivity index (χ1n) is 34.8. The number of H-pyrrole nitrogens is 4. The average molecular weight is 2600 g/mol. The van der Waals surface area contributed by atoms with Crippen LogP contribution in [0.5, 0.6) is 0 Å². The predicted molar refractivity (Wildman–Crippen MR) is 480 cm³/mol. The third-order valence-corrected chi connectivity index (χ3v) is 15.1. The molecule has 10 heterocycles. The molecule has 4 N–H and O–H groups in total. The van der Waals surface area contributed by atoms with E-state index < -0.39 is 5.20 Å². The van der Waals surface area contributed by atoms with Gasteiger partial charge >= 0.3 is 111 Å². The molecule has 0 aliphatic rings. The number of hydrogen-bond acceptors (Lipinski definition) is 16. The van der Waals surface area contributed by atoms with Gasteiger partial charge in [0.15, 0.2) is 58.2 Å². The van der Waals surface area contributed by atoms with Crippen LogP contribution >= 0.6 is 66.5 Å². The molecule has 0 amide bonds. The Morgan fingerprint density at radius 3 is 1.04 bits per heavy atom. The van der Waals surface area contributed by atoms with Crippen LogP contribution in [0, 0.1) is 143 Å². The van der Waals surface area contributed by atoms with Gasteiger partial charge in [-0.3, -0.25) is 14.3 Å². The summed E-state index contributed by atoms with van der Waals surface area (Å²) in [6.07, 6.45) is 11.9. The molecule has 33 heteroatoms. The number of aromatic nitrogens is 20. The topological polar surface area (TPSA) is 288 Å². The molecule has 22 nitrogen and oxygen atoms in total. The fraction of sp³-hybridized carbons (Fsp3) is 0.444. The van der Waals surface area contributed by atoms with Gasteiger partial charge in [0.1, 0.15) is 5.15 Å². The van der Waals surface area contributed by atoms with Gasteiger partial charge in [0.2, 0.25) is 0 Å². The number of nitrogens with zero attached hydrogens (tertiary/aromatic N) is 16. The van der Waals surface area contributed by atoms with Crippen molar-refractivity contribution in [3.8, 4) is 58.2 Å². The number of imidazole rings is 5. The Labute approximate surface area is 794 Å². The molecule has 0 aromatic carbocycles. The smallest absolute Gasteiger partial charge is 0.407 e. The van der Waals surface area contributed by atoms with E-state index in [4.69, 9.17) is 11.6 Å². The third-order valence-electron chi connectivity index (χ3n) is 14.7. The summed E-state index contributed by atoms with van der Waals surface area (Å²) in [6.45, 7) is 60.7. The summed E-state index contributed by atoms with van der Waals surface area (Å²) >= 11 is 23.0. The van der Waals surface area contributed by atoms with E-state index >= 15 is 0 Å². The monoisotopic (exact) mass is 2600 g/mol. The maximum atomic E-state index is 11.5. The van der Waals surface area contributed by atoms with E-state index in [1.807, 2.05) is 157 Å². The van der Waals surface area contributed by atoms with E-state index in [1.54, 1.807) is 19.3 Å². The maximum Gasteiger partial charge on any atom is 2.00 e. The van der Waals surface area contributed by atoms with Gasteiger partial charge in [-0.25, -0.2) is 44.9 Å². The Hall–Kier alpha value is -4.09. The van der Waals surface area contributed by atoms with Crippen LogP contribution in [0.1, 0.15) is 247 Å². The zero-order valence-electron chi connectivity index (χ0n) is 74.6. The second kappa shape index (κ2) is 64.8. The second-order valence-electron chi connectivity index (χ2n) is 24.6. The summed E-state index contributed by atoms with van der Waals surface area (Å²) in [6, 6.07) is 0. The summed E-state index contributed by atoms with van der Waals surface area (Å²) in [4.78, 5) is 85.9. The van der Waals surface area contributed by atoms with Crippen LogP contribution in [-0.2, 0) is 137 Å². The number of nitrogens with one attached hydrogen (secondary N) is 4. The molecular formula is C81H138BrCl4N20O2PW5. The van der Waals surface area contributed by atoms with E-state index in [0.717, 1.165) is 138 Å². The van der Waals surface area contributed by atoms with Gasteiger partial charge in [0.25, 0.3) is 5.56 Å². The van der Waals surface area contributed by atoms with Gasteiger partial charge in [0, 0.05) is 78.7 Å². The van der Waals surface area contributed by atoms with Gasteiger partial charge < -0.3 is 86.1 Å². The number of aromatic amines is 4. The molecule has 0 saturated carbocycles. The first-order valence-corrected chi connectivity index (χ1v) is 40.7. The van der Waals surface area contributed by atoms with Crippen molar-refractivity contribution in [2.45, 2.75) is 227 Å². The maximum absolute atomic E-state index is 11.5. The van der Waals surface area contributed by atoms with Gasteiger partial charge in [-0.2, -0.15) is 29.6 Å². The van der Waals surface area contributed by atoms with Gasteiger partial charge in [-0.1, -0.05) is 165 Å². The van der Waals surface area contributed by atoms with E-state index in [9.17, 15) is 9.36 Å². The first-order chi connectivity index (χ1) is 48.7. The number of hydrogen-bond donors (Lipinski definition) is 4. The minimum absolute atomic E-state index is 0. The zero-order chi connectivity index (χ0) is 80.0. The number of halogens is 5. The third kappa shape index (κ3) is 41.3. The summed E-state index contributed by atoms with van der Waals surface area (Å²) in [5.74, 6) is 12.7.